The molecule has 20 heavy (non-hydrogen) atoms. The van der Waals surface area contributed by atoms with Crippen molar-refractivity contribution in [2.75, 3.05) is 24.7 Å². The van der Waals surface area contributed by atoms with Gasteiger partial charge in [0, 0.05) is 17.9 Å². The third-order valence-corrected chi connectivity index (χ3v) is 2.67. The van der Waals surface area contributed by atoms with Crippen LogP contribution in [-0.4, -0.2) is 37.0 Å². The number of esters is 1. The van der Waals surface area contributed by atoms with E-state index in [1.54, 1.807) is 6.92 Å². The third-order valence-electron chi connectivity index (χ3n) is 2.67. The summed E-state index contributed by atoms with van der Waals surface area (Å²) in [5.41, 5.74) is 6.69. The van der Waals surface area contributed by atoms with Crippen LogP contribution < -0.4 is 11.1 Å². The van der Waals surface area contributed by atoms with Gasteiger partial charge in [0.05, 0.1) is 12.7 Å². The number of nitrogen functional groups attached to an aromatic ring is 1. The Morgan fingerprint density at radius 2 is 2.10 bits per heavy atom. The average Bonchev–Trinajstić information content (AvgIpc) is 2.37. The van der Waals surface area contributed by atoms with Crippen LogP contribution in [0.1, 0.15) is 15.9 Å². The molecule has 0 aliphatic heterocycles. The first kappa shape index (κ1) is 16.1. The highest BCUT2D eigenvalue weighted by molar-refractivity contribution is 5.97. The summed E-state index contributed by atoms with van der Waals surface area (Å²) in [5, 5.41) is 11.3. The number of halogens is 3. The van der Waals surface area contributed by atoms with Gasteiger partial charge < -0.3 is 20.9 Å². The minimum absolute atomic E-state index is 0.0523. The maximum absolute atomic E-state index is 12.2. The molecule has 112 valence electrons. The summed E-state index contributed by atoms with van der Waals surface area (Å²) in [4.78, 5) is 11.5. The Morgan fingerprint density at radius 3 is 2.60 bits per heavy atom. The maximum atomic E-state index is 12.2. The predicted octanol–water partition coefficient (Wildman–Crippen LogP) is 1.70. The van der Waals surface area contributed by atoms with Gasteiger partial charge in [0.15, 0.2) is 6.10 Å². The van der Waals surface area contributed by atoms with Crippen molar-refractivity contribution >= 4 is 17.3 Å². The molecular formula is C12H15F3N2O3. The van der Waals surface area contributed by atoms with Gasteiger partial charge in [-0.2, -0.15) is 13.2 Å². The quantitative estimate of drug-likeness (QED) is 0.581. The van der Waals surface area contributed by atoms with Crippen LogP contribution in [0.15, 0.2) is 12.1 Å². The number of ether oxygens (including phenoxy) is 1. The second-order valence-electron chi connectivity index (χ2n) is 4.18. The molecule has 0 spiro atoms. The molecule has 0 saturated carbocycles. The van der Waals surface area contributed by atoms with Crippen molar-refractivity contribution in [3.8, 4) is 0 Å². The van der Waals surface area contributed by atoms with Gasteiger partial charge in [-0.15, -0.1) is 0 Å². The van der Waals surface area contributed by atoms with Crippen molar-refractivity contribution in [2.45, 2.75) is 19.2 Å². The first-order chi connectivity index (χ1) is 9.16. The Labute approximate surface area is 113 Å². The number of hydrogen-bond donors (Lipinski definition) is 3. The molecule has 0 aliphatic rings. The lowest BCUT2D eigenvalue weighted by Gasteiger charge is -2.17. The van der Waals surface area contributed by atoms with E-state index in [1.807, 2.05) is 0 Å². The van der Waals surface area contributed by atoms with Gasteiger partial charge in [0.2, 0.25) is 0 Å². The second kappa shape index (κ2) is 6.00. The summed E-state index contributed by atoms with van der Waals surface area (Å²) in [5.74, 6) is -0.689. The molecular weight excluding hydrogens is 277 g/mol. The Bertz CT molecular complexity index is 503. The molecule has 4 N–H and O–H groups in total. The van der Waals surface area contributed by atoms with Crippen LogP contribution in [0.3, 0.4) is 0 Å². The van der Waals surface area contributed by atoms with Crippen molar-refractivity contribution in [3.05, 3.63) is 23.3 Å². The minimum atomic E-state index is -4.71. The van der Waals surface area contributed by atoms with Crippen molar-refractivity contribution < 1.29 is 27.8 Å². The largest absolute Gasteiger partial charge is 0.465 e. The SMILES string of the molecule is COC(=O)c1cc(NCC(O)C(F)(F)F)cc(C)c1N. The molecule has 1 aromatic rings. The Kier molecular flexibility index (Phi) is 4.83. The van der Waals surface area contributed by atoms with E-state index in [2.05, 4.69) is 10.1 Å². The smallest absolute Gasteiger partial charge is 0.416 e. The molecule has 0 fully saturated rings. The summed E-state index contributed by atoms with van der Waals surface area (Å²) in [7, 11) is 1.17. The minimum Gasteiger partial charge on any atom is -0.465 e. The molecule has 1 atom stereocenters. The van der Waals surface area contributed by atoms with E-state index in [0.29, 0.717) is 5.56 Å². The fraction of sp³-hybridized carbons (Fsp3) is 0.417. The number of aryl methyl sites for hydroxylation is 1. The van der Waals surface area contributed by atoms with Crippen molar-refractivity contribution in [2.24, 2.45) is 0 Å². The number of methoxy groups -OCH3 is 1. The molecule has 1 unspecified atom stereocenters. The summed E-state index contributed by atoms with van der Waals surface area (Å²) in [6.07, 6.45) is -7.21. The van der Waals surface area contributed by atoms with E-state index in [1.165, 1.54) is 19.2 Å². The fourth-order valence-corrected chi connectivity index (χ4v) is 1.51. The van der Waals surface area contributed by atoms with E-state index in [0.717, 1.165) is 0 Å². The topological polar surface area (TPSA) is 84.6 Å². The van der Waals surface area contributed by atoms with Crippen LogP contribution in [0.4, 0.5) is 24.5 Å². The zero-order valence-electron chi connectivity index (χ0n) is 10.9. The van der Waals surface area contributed by atoms with Crippen LogP contribution >= 0.6 is 0 Å². The number of nitrogens with one attached hydrogen (secondary N) is 1. The highest BCUT2D eigenvalue weighted by atomic mass is 19.4. The zero-order chi connectivity index (χ0) is 15.5. The lowest BCUT2D eigenvalue weighted by atomic mass is 10.1. The molecule has 5 nitrogen and oxygen atoms in total. The molecule has 0 bridgehead atoms. The molecule has 0 aliphatic carbocycles. The highest BCUT2D eigenvalue weighted by Crippen LogP contribution is 2.25. The van der Waals surface area contributed by atoms with E-state index >= 15 is 0 Å². The highest BCUT2D eigenvalue weighted by Gasteiger charge is 2.37. The van der Waals surface area contributed by atoms with Gasteiger partial charge in [-0.1, -0.05) is 0 Å². The van der Waals surface area contributed by atoms with Crippen molar-refractivity contribution in [1.29, 1.82) is 0 Å². The molecule has 0 aromatic heterocycles. The van der Waals surface area contributed by atoms with Gasteiger partial charge in [-0.3, -0.25) is 0 Å². The summed E-state index contributed by atoms with van der Waals surface area (Å²) in [6, 6.07) is 2.75. The first-order valence-corrected chi connectivity index (χ1v) is 5.64. The van der Waals surface area contributed by atoms with Crippen LogP contribution in [-0.2, 0) is 4.74 Å². The number of aliphatic hydroxyl groups excluding tert-OH is 1. The van der Waals surface area contributed by atoms with E-state index < -0.39 is 24.8 Å². The number of aliphatic hydroxyl groups is 1. The number of carbonyl (C=O) groups is 1. The molecule has 0 amide bonds. The van der Waals surface area contributed by atoms with Crippen molar-refractivity contribution in [1.82, 2.24) is 0 Å². The Morgan fingerprint density at radius 1 is 1.50 bits per heavy atom. The summed E-state index contributed by atoms with van der Waals surface area (Å²) in [6.45, 7) is 0.876. The molecule has 0 heterocycles. The first-order valence-electron chi connectivity index (χ1n) is 5.64. The fourth-order valence-electron chi connectivity index (χ4n) is 1.51. The number of rotatable bonds is 4. The van der Waals surface area contributed by atoms with Gasteiger partial charge in [0.1, 0.15) is 0 Å². The number of carbonyl (C=O) groups excluding carboxylic acids is 1. The van der Waals surface area contributed by atoms with Gasteiger partial charge in [-0.05, 0) is 24.6 Å². The molecule has 0 radical (unpaired) electrons. The van der Waals surface area contributed by atoms with E-state index in [-0.39, 0.29) is 16.9 Å². The van der Waals surface area contributed by atoms with Crippen LogP contribution in [0.2, 0.25) is 0 Å². The molecule has 8 heteroatoms. The third kappa shape index (κ3) is 3.77. The summed E-state index contributed by atoms with van der Waals surface area (Å²) >= 11 is 0. The lowest BCUT2D eigenvalue weighted by molar-refractivity contribution is -0.198. The summed E-state index contributed by atoms with van der Waals surface area (Å²) < 4.78 is 41.1. The number of hydrogen-bond acceptors (Lipinski definition) is 5. The van der Waals surface area contributed by atoms with E-state index in [9.17, 15) is 18.0 Å². The Balaban J connectivity index is 2.92. The number of nitrogens with two attached hydrogens (primary N) is 1. The number of benzene rings is 1. The average molecular weight is 292 g/mol. The van der Waals surface area contributed by atoms with Gasteiger partial charge in [-0.25, -0.2) is 4.79 Å². The van der Waals surface area contributed by atoms with Gasteiger partial charge in [0.25, 0.3) is 0 Å². The Hall–Kier alpha value is -1.96. The van der Waals surface area contributed by atoms with Gasteiger partial charge >= 0.3 is 12.1 Å². The normalized spacial score (nSPS) is 12.9. The second-order valence-corrected chi connectivity index (χ2v) is 4.18. The van der Waals surface area contributed by atoms with Crippen LogP contribution in [0.25, 0.3) is 0 Å². The van der Waals surface area contributed by atoms with E-state index in [4.69, 9.17) is 10.8 Å². The zero-order valence-corrected chi connectivity index (χ0v) is 10.9. The predicted molar refractivity (Wildman–Crippen MR) is 67.5 cm³/mol. The van der Waals surface area contributed by atoms with Crippen molar-refractivity contribution in [3.63, 3.8) is 0 Å². The van der Waals surface area contributed by atoms with Crippen LogP contribution in [0, 0.1) is 6.92 Å². The lowest BCUT2D eigenvalue weighted by Crippen LogP contribution is -2.35. The molecule has 1 rings (SSSR count). The van der Waals surface area contributed by atoms with Crippen LogP contribution in [0.5, 0.6) is 0 Å². The standard InChI is InChI=1S/C12H15F3N2O3/c1-6-3-7(17-5-9(18)12(13,14)15)4-8(10(6)16)11(19)20-2/h3-4,9,17-18H,5,16H2,1-2H3. The maximum Gasteiger partial charge on any atom is 0.416 e. The number of alkyl halides is 3. The monoisotopic (exact) mass is 292 g/mol. The number of anilines is 2. The molecule has 1 aromatic carbocycles. The molecule has 0 saturated heterocycles.